The summed E-state index contributed by atoms with van der Waals surface area (Å²) in [6.45, 7) is 8.48. The molecular formula is C52H62N10O12S2. The van der Waals surface area contributed by atoms with Gasteiger partial charge in [-0.05, 0) is 112 Å². The third-order valence-corrected chi connectivity index (χ3v) is 14.8. The van der Waals surface area contributed by atoms with Crippen LogP contribution in [-0.2, 0) is 55.7 Å². The number of hydrogen-bond acceptors (Lipinski definition) is 17. The third-order valence-electron chi connectivity index (χ3n) is 11.3. The average Bonchev–Trinajstić information content (AvgIpc) is 3.89. The number of aliphatic imine (C=N–C) groups is 1. The van der Waals surface area contributed by atoms with Gasteiger partial charge in [0.1, 0.15) is 49.8 Å². The van der Waals surface area contributed by atoms with Gasteiger partial charge in [0.05, 0.1) is 51.6 Å². The van der Waals surface area contributed by atoms with Gasteiger partial charge in [-0.1, -0.05) is 53.8 Å². The molecule has 0 spiro atoms. The Morgan fingerprint density at radius 3 is 1.96 bits per heavy atom. The van der Waals surface area contributed by atoms with Crippen LogP contribution in [0, 0.1) is 0 Å². The summed E-state index contributed by atoms with van der Waals surface area (Å²) in [5, 5.41) is 24.7. The number of benzene rings is 5. The number of rotatable bonds is 19. The zero-order valence-corrected chi connectivity index (χ0v) is 45.2. The van der Waals surface area contributed by atoms with E-state index < -0.39 is 72.4 Å². The van der Waals surface area contributed by atoms with Crippen molar-refractivity contribution in [3.05, 3.63) is 125 Å². The van der Waals surface area contributed by atoms with Crippen LogP contribution in [0.2, 0.25) is 0 Å². The molecule has 1 aliphatic rings. The number of aromatic nitrogens is 2. The molecule has 404 valence electrons. The summed E-state index contributed by atoms with van der Waals surface area (Å²) < 4.78 is 93.8. The van der Waals surface area contributed by atoms with E-state index in [2.05, 4.69) is 36.1 Å². The molecule has 76 heavy (non-hydrogen) atoms. The fourth-order valence-corrected chi connectivity index (χ4v) is 11.3. The number of amides is 2. The Morgan fingerprint density at radius 1 is 0.750 bits per heavy atom. The molecule has 0 saturated carbocycles. The number of carbonyl (C=O) groups excluding carboxylic acids is 2. The average molecular weight is 1080 g/mol. The third kappa shape index (κ3) is 14.2. The van der Waals surface area contributed by atoms with E-state index in [0.29, 0.717) is 50.6 Å². The molecule has 5 aromatic carbocycles. The summed E-state index contributed by atoms with van der Waals surface area (Å²) >= 11 is 0. The largest absolute Gasteiger partial charge is 0.497 e. The molecule has 2 bridgehead atoms. The number of aliphatic hydroxyl groups excluding tert-OH is 1. The highest BCUT2D eigenvalue weighted by atomic mass is 32.2. The van der Waals surface area contributed by atoms with E-state index in [1.807, 2.05) is 0 Å². The van der Waals surface area contributed by atoms with E-state index in [9.17, 15) is 14.7 Å². The number of fused-ring (bicyclic) bond motifs is 3. The quantitative estimate of drug-likeness (QED) is 0.0462. The molecule has 0 fully saturated rings. The minimum absolute atomic E-state index is 0.0818. The lowest BCUT2D eigenvalue weighted by Gasteiger charge is -2.27. The Labute approximate surface area is 441 Å². The summed E-state index contributed by atoms with van der Waals surface area (Å²) in [6.07, 6.45) is -3.05. The number of nitrogens with one attached hydrogen (secondary N) is 5. The predicted octanol–water partition coefficient (Wildman–Crippen LogP) is 7.38. The first-order valence-electron chi connectivity index (χ1n) is 23.9. The molecule has 0 unspecified atom stereocenters. The lowest BCUT2D eigenvalue weighted by atomic mass is 9.97. The van der Waals surface area contributed by atoms with Gasteiger partial charge in [-0.25, -0.2) is 46.5 Å². The fraction of sp³-hybridized carbons (Fsp3) is 0.346. The van der Waals surface area contributed by atoms with Crippen LogP contribution in [0.3, 0.4) is 0 Å². The predicted molar refractivity (Wildman–Crippen MR) is 283 cm³/mol. The number of aromatic amines is 1. The summed E-state index contributed by atoms with van der Waals surface area (Å²) in [6, 6.07) is 26.2. The van der Waals surface area contributed by atoms with Gasteiger partial charge in [-0.3, -0.25) is 0 Å². The van der Waals surface area contributed by atoms with Crippen molar-refractivity contribution in [1.29, 1.82) is 0 Å². The molecule has 6 N–H and O–H groups in total. The summed E-state index contributed by atoms with van der Waals surface area (Å²) in [7, 11) is -5.66. The molecule has 0 radical (unpaired) electrons. The molecule has 1 aromatic heterocycles. The number of aliphatic hydroxyl groups is 1. The van der Waals surface area contributed by atoms with Crippen LogP contribution in [0.4, 0.5) is 15.3 Å². The fourth-order valence-electron chi connectivity index (χ4n) is 7.82. The number of nitrogens with zero attached hydrogens (tertiary/aromatic N) is 5. The number of methoxy groups -OCH3 is 3. The van der Waals surface area contributed by atoms with Crippen molar-refractivity contribution in [3.63, 3.8) is 0 Å². The molecule has 24 heteroatoms. The maximum Gasteiger partial charge on any atom is 0.408 e. The van der Waals surface area contributed by atoms with Crippen molar-refractivity contribution in [2.24, 2.45) is 15.3 Å². The molecule has 0 saturated heterocycles. The highest BCUT2D eigenvalue weighted by molar-refractivity contribution is 7.92. The minimum Gasteiger partial charge on any atom is -0.497 e. The van der Waals surface area contributed by atoms with Gasteiger partial charge < -0.3 is 44.4 Å². The van der Waals surface area contributed by atoms with Crippen LogP contribution in [0.1, 0.15) is 69.6 Å². The molecule has 6 aromatic rings. The first-order chi connectivity index (χ1) is 36.0. The normalized spacial score (nSPS) is 13.4. The van der Waals surface area contributed by atoms with E-state index in [1.165, 1.54) is 27.4 Å². The summed E-state index contributed by atoms with van der Waals surface area (Å²) in [5.41, 5.74) is 4.08. The van der Waals surface area contributed by atoms with Gasteiger partial charge in [0.15, 0.2) is 5.84 Å². The standard InChI is InChI=1S/C52H62N10O12S2/c1-51(2,3)73-49(64)53-27-35(63)28-56-75(66,67)43-24-22-38(39-11-10-12-40-46(39)59-44(57-40)29-54-50(65)74-52(4,5)6)45(48-58-41-25-34(26-55-61-60-48)17-23-42(41)72-9)47(43)76(68,69)62(30-32-13-18-36(70-7)19-14-32)31-33-15-20-37(71-8)21-16-33/h10-25,35,56,63H,26-31H2,1-9H3,(H,53,64)(H,54,65)(H,57,59)(H,55,58,60)/t35-/m0/s1. The van der Waals surface area contributed by atoms with E-state index in [-0.39, 0.29) is 54.6 Å². The van der Waals surface area contributed by atoms with Crippen molar-refractivity contribution in [2.75, 3.05) is 34.4 Å². The molecule has 1 aliphatic heterocycles. The van der Waals surface area contributed by atoms with Crippen molar-refractivity contribution < 1.29 is 55.2 Å². The zero-order valence-electron chi connectivity index (χ0n) is 43.5. The van der Waals surface area contributed by atoms with Crippen LogP contribution in [0.15, 0.2) is 122 Å². The van der Waals surface area contributed by atoms with Gasteiger partial charge in [0.2, 0.25) is 20.0 Å². The van der Waals surface area contributed by atoms with E-state index in [0.717, 1.165) is 10.4 Å². The van der Waals surface area contributed by atoms with Crippen molar-refractivity contribution in [2.45, 2.75) is 94.8 Å². The first kappa shape index (κ1) is 56.1. The summed E-state index contributed by atoms with van der Waals surface area (Å²) in [4.78, 5) is 36.7. The van der Waals surface area contributed by atoms with Crippen LogP contribution in [-0.4, -0.2) is 106 Å². The lowest BCUT2D eigenvalue weighted by molar-refractivity contribution is 0.0490. The number of ether oxygens (including phenoxy) is 5. The number of H-pyrrole nitrogens is 1. The van der Waals surface area contributed by atoms with E-state index in [1.54, 1.807) is 126 Å². The highest BCUT2D eigenvalue weighted by Gasteiger charge is 2.38. The SMILES string of the molecule is COc1ccc(CN(Cc2ccc(OC)cc2)S(=O)(=O)c2c(S(=O)(=O)NC[C@@H](O)CNC(=O)OC(C)(C)C)ccc(-c3cccc4[nH]c(CNC(=O)OC(C)(C)C)nc34)c2C2=Nc3cc(ccc3OC)CN=NN2)cc1. The smallest absolute Gasteiger partial charge is 0.408 e. The van der Waals surface area contributed by atoms with Gasteiger partial charge >= 0.3 is 12.2 Å². The first-order valence-corrected chi connectivity index (χ1v) is 26.8. The number of imidazole rings is 1. The molecule has 2 amide bonds. The topological polar surface area (TPSA) is 286 Å². The molecule has 2 heterocycles. The highest BCUT2D eigenvalue weighted by Crippen LogP contribution is 2.40. The summed E-state index contributed by atoms with van der Waals surface area (Å²) in [5.74, 6) is 1.36. The van der Waals surface area contributed by atoms with Crippen molar-refractivity contribution in [1.82, 2.24) is 35.1 Å². The maximum atomic E-state index is 16.4. The number of carbonyl (C=O) groups is 2. The Hall–Kier alpha value is -7.64. The van der Waals surface area contributed by atoms with Gasteiger partial charge in [-0.2, -0.15) is 9.42 Å². The molecule has 1 atom stereocenters. The maximum absolute atomic E-state index is 16.4. The molecular weight excluding hydrogens is 1020 g/mol. The Bertz CT molecular complexity index is 3300. The Balaban J connectivity index is 1.50. The second-order valence-electron chi connectivity index (χ2n) is 19.4. The lowest BCUT2D eigenvalue weighted by Crippen LogP contribution is -2.42. The number of amidine groups is 1. The second kappa shape index (κ2) is 23.5. The Kier molecular flexibility index (Phi) is 17.3. The van der Waals surface area contributed by atoms with Gasteiger partial charge in [0, 0.05) is 37.3 Å². The minimum atomic E-state index is -5.13. The molecule has 0 aliphatic carbocycles. The van der Waals surface area contributed by atoms with Gasteiger partial charge in [-0.15, -0.1) is 0 Å². The molecule has 22 nitrogen and oxygen atoms in total. The van der Waals surface area contributed by atoms with E-state index in [4.69, 9.17) is 33.7 Å². The number of hydrogen-bond donors (Lipinski definition) is 6. The number of sulfonamides is 2. The second-order valence-corrected chi connectivity index (χ2v) is 23.0. The molecule has 7 rings (SSSR count). The van der Waals surface area contributed by atoms with Gasteiger partial charge in [0.25, 0.3) is 0 Å². The number of para-hydroxylation sites is 1. The zero-order chi connectivity index (χ0) is 55.0. The Morgan fingerprint density at radius 2 is 1.37 bits per heavy atom. The van der Waals surface area contributed by atoms with Crippen molar-refractivity contribution in [3.8, 4) is 28.4 Å². The van der Waals surface area contributed by atoms with Crippen molar-refractivity contribution >= 4 is 54.8 Å². The van der Waals surface area contributed by atoms with Crippen LogP contribution in [0.5, 0.6) is 17.2 Å². The van der Waals surface area contributed by atoms with Crippen LogP contribution >= 0.6 is 0 Å². The van der Waals surface area contributed by atoms with Crippen LogP contribution < -0.4 is 35.0 Å². The monoisotopic (exact) mass is 1080 g/mol. The van der Waals surface area contributed by atoms with Crippen LogP contribution in [0.25, 0.3) is 22.2 Å². The number of alkyl carbamates (subject to hydrolysis) is 2. The van der Waals surface area contributed by atoms with E-state index >= 15 is 16.8 Å².